The van der Waals surface area contributed by atoms with Crippen molar-refractivity contribution < 1.29 is 9.13 Å². The number of benzene rings is 1. The van der Waals surface area contributed by atoms with Crippen molar-refractivity contribution in [2.24, 2.45) is 5.41 Å². The van der Waals surface area contributed by atoms with Crippen LogP contribution in [0.3, 0.4) is 0 Å². The van der Waals surface area contributed by atoms with Gasteiger partial charge in [-0.2, -0.15) is 0 Å². The maximum atomic E-state index is 12.6. The van der Waals surface area contributed by atoms with Crippen molar-refractivity contribution in [3.05, 3.63) is 42.4 Å². The van der Waals surface area contributed by atoms with E-state index in [4.69, 9.17) is 4.74 Å². The number of hydrogen-bond donors (Lipinski definition) is 0. The molecule has 0 amide bonds. The lowest BCUT2D eigenvalue weighted by Gasteiger charge is -2.21. The van der Waals surface area contributed by atoms with Gasteiger partial charge in [-0.15, -0.1) is 0 Å². The Morgan fingerprint density at radius 1 is 1.21 bits per heavy atom. The Hall–Kier alpha value is -1.31. The van der Waals surface area contributed by atoms with Crippen molar-refractivity contribution in [2.45, 2.75) is 20.8 Å². The van der Waals surface area contributed by atoms with E-state index in [2.05, 4.69) is 6.58 Å². The number of ether oxygens (including phenoxy) is 1. The lowest BCUT2D eigenvalue weighted by molar-refractivity contribution is 0.296. The van der Waals surface area contributed by atoms with E-state index in [0.717, 1.165) is 0 Å². The SMILES string of the molecule is C=C(Oc1ccc(F)cc1)C(C)(C)C. The molecular formula is C12H15FO. The summed E-state index contributed by atoms with van der Waals surface area (Å²) in [6.07, 6.45) is 0. The number of hydrogen-bond acceptors (Lipinski definition) is 1. The summed E-state index contributed by atoms with van der Waals surface area (Å²) in [6, 6.07) is 5.91. The van der Waals surface area contributed by atoms with E-state index in [9.17, 15) is 4.39 Å². The van der Waals surface area contributed by atoms with Gasteiger partial charge >= 0.3 is 0 Å². The Morgan fingerprint density at radius 3 is 2.14 bits per heavy atom. The normalized spacial score (nSPS) is 11.1. The van der Waals surface area contributed by atoms with Gasteiger partial charge in [0.25, 0.3) is 0 Å². The van der Waals surface area contributed by atoms with Gasteiger partial charge in [0.1, 0.15) is 17.3 Å². The average molecular weight is 194 g/mol. The Bertz CT molecular complexity index is 319. The van der Waals surface area contributed by atoms with Crippen LogP contribution in [0.5, 0.6) is 5.75 Å². The van der Waals surface area contributed by atoms with E-state index in [1.165, 1.54) is 12.1 Å². The molecule has 2 heteroatoms. The summed E-state index contributed by atoms with van der Waals surface area (Å²) in [4.78, 5) is 0. The summed E-state index contributed by atoms with van der Waals surface area (Å²) in [6.45, 7) is 9.87. The van der Waals surface area contributed by atoms with Crippen LogP contribution in [0.2, 0.25) is 0 Å². The highest BCUT2D eigenvalue weighted by Crippen LogP contribution is 2.26. The van der Waals surface area contributed by atoms with E-state index in [-0.39, 0.29) is 11.2 Å². The molecule has 1 nitrogen and oxygen atoms in total. The highest BCUT2D eigenvalue weighted by Gasteiger charge is 2.16. The van der Waals surface area contributed by atoms with Crippen LogP contribution in [0.25, 0.3) is 0 Å². The van der Waals surface area contributed by atoms with Crippen LogP contribution >= 0.6 is 0 Å². The molecule has 0 aliphatic rings. The van der Waals surface area contributed by atoms with Crippen LogP contribution in [0.15, 0.2) is 36.6 Å². The molecule has 1 aromatic rings. The monoisotopic (exact) mass is 194 g/mol. The molecule has 14 heavy (non-hydrogen) atoms. The quantitative estimate of drug-likeness (QED) is 0.651. The fourth-order valence-electron chi connectivity index (χ4n) is 0.798. The van der Waals surface area contributed by atoms with Gasteiger partial charge in [0.2, 0.25) is 0 Å². The van der Waals surface area contributed by atoms with Crippen molar-refractivity contribution in [3.63, 3.8) is 0 Å². The van der Waals surface area contributed by atoms with Gasteiger partial charge < -0.3 is 4.74 Å². The van der Waals surface area contributed by atoms with Crippen LogP contribution in [0.1, 0.15) is 20.8 Å². The van der Waals surface area contributed by atoms with Gasteiger partial charge in [0, 0.05) is 5.41 Å². The molecule has 0 bridgehead atoms. The Balaban J connectivity index is 2.71. The smallest absolute Gasteiger partial charge is 0.127 e. The molecule has 0 unspecified atom stereocenters. The topological polar surface area (TPSA) is 9.23 Å². The second kappa shape index (κ2) is 3.82. The number of rotatable bonds is 2. The van der Waals surface area contributed by atoms with Crippen LogP contribution < -0.4 is 4.74 Å². The summed E-state index contributed by atoms with van der Waals surface area (Å²) in [5, 5.41) is 0. The zero-order valence-electron chi connectivity index (χ0n) is 8.80. The van der Waals surface area contributed by atoms with Gasteiger partial charge in [-0.1, -0.05) is 27.4 Å². The summed E-state index contributed by atoms with van der Waals surface area (Å²) in [7, 11) is 0. The fraction of sp³-hybridized carbons (Fsp3) is 0.333. The van der Waals surface area contributed by atoms with Gasteiger partial charge in [-0.25, -0.2) is 4.39 Å². The summed E-state index contributed by atoms with van der Waals surface area (Å²) >= 11 is 0. The van der Waals surface area contributed by atoms with Crippen molar-refractivity contribution in [1.29, 1.82) is 0 Å². The Morgan fingerprint density at radius 2 is 1.71 bits per heavy atom. The highest BCUT2D eigenvalue weighted by molar-refractivity contribution is 5.24. The number of allylic oxidation sites excluding steroid dienone is 1. The second-order valence-corrected chi connectivity index (χ2v) is 4.23. The van der Waals surface area contributed by atoms with E-state index in [0.29, 0.717) is 11.5 Å². The summed E-state index contributed by atoms with van der Waals surface area (Å²) in [5.41, 5.74) is -0.103. The minimum Gasteiger partial charge on any atom is -0.462 e. The van der Waals surface area contributed by atoms with Crippen molar-refractivity contribution in [3.8, 4) is 5.75 Å². The molecule has 0 N–H and O–H groups in total. The first-order valence-corrected chi connectivity index (χ1v) is 4.52. The van der Waals surface area contributed by atoms with Gasteiger partial charge in [-0.3, -0.25) is 0 Å². The molecule has 1 rings (SSSR count). The van der Waals surface area contributed by atoms with E-state index in [1.807, 2.05) is 20.8 Å². The molecule has 0 aliphatic heterocycles. The second-order valence-electron chi connectivity index (χ2n) is 4.23. The molecule has 1 aromatic carbocycles. The predicted molar refractivity (Wildman–Crippen MR) is 55.6 cm³/mol. The van der Waals surface area contributed by atoms with Crippen LogP contribution in [-0.4, -0.2) is 0 Å². The Kier molecular flexibility index (Phi) is 2.94. The predicted octanol–water partition coefficient (Wildman–Crippen LogP) is 3.76. The van der Waals surface area contributed by atoms with Gasteiger partial charge in [0.05, 0.1) is 0 Å². The molecule has 0 aromatic heterocycles. The fourth-order valence-corrected chi connectivity index (χ4v) is 0.798. The third-order valence-corrected chi connectivity index (χ3v) is 1.89. The van der Waals surface area contributed by atoms with E-state index < -0.39 is 0 Å². The van der Waals surface area contributed by atoms with Crippen LogP contribution in [-0.2, 0) is 0 Å². The molecule has 0 saturated heterocycles. The number of halogens is 1. The molecule has 76 valence electrons. The lowest BCUT2D eigenvalue weighted by Crippen LogP contribution is -2.13. The van der Waals surface area contributed by atoms with Crippen LogP contribution in [0, 0.1) is 11.2 Å². The maximum Gasteiger partial charge on any atom is 0.127 e. The zero-order chi connectivity index (χ0) is 10.8. The molecule has 0 heterocycles. The molecule has 0 saturated carbocycles. The Labute approximate surface area is 84.2 Å². The van der Waals surface area contributed by atoms with Gasteiger partial charge in [-0.05, 0) is 24.3 Å². The average Bonchev–Trinajstić information content (AvgIpc) is 2.07. The third-order valence-electron chi connectivity index (χ3n) is 1.89. The van der Waals surface area contributed by atoms with E-state index >= 15 is 0 Å². The minimum atomic E-state index is -0.265. The molecule has 0 fully saturated rings. The highest BCUT2D eigenvalue weighted by atomic mass is 19.1. The molecule has 0 spiro atoms. The molecule has 0 aliphatic carbocycles. The molecule has 0 atom stereocenters. The lowest BCUT2D eigenvalue weighted by atomic mass is 9.95. The third kappa shape index (κ3) is 2.87. The first kappa shape index (κ1) is 10.8. The first-order valence-electron chi connectivity index (χ1n) is 4.52. The largest absolute Gasteiger partial charge is 0.462 e. The van der Waals surface area contributed by atoms with Crippen molar-refractivity contribution in [2.75, 3.05) is 0 Å². The molecule has 0 radical (unpaired) electrons. The van der Waals surface area contributed by atoms with Gasteiger partial charge in [0.15, 0.2) is 0 Å². The first-order chi connectivity index (χ1) is 6.39. The summed E-state index contributed by atoms with van der Waals surface area (Å²) in [5.74, 6) is 1.02. The van der Waals surface area contributed by atoms with Crippen molar-refractivity contribution in [1.82, 2.24) is 0 Å². The maximum absolute atomic E-state index is 12.6. The van der Waals surface area contributed by atoms with Crippen molar-refractivity contribution >= 4 is 0 Å². The summed E-state index contributed by atoms with van der Waals surface area (Å²) < 4.78 is 18.1. The molecular weight excluding hydrogens is 179 g/mol. The van der Waals surface area contributed by atoms with E-state index in [1.54, 1.807) is 12.1 Å². The van der Waals surface area contributed by atoms with Crippen LogP contribution in [0.4, 0.5) is 4.39 Å². The minimum absolute atomic E-state index is 0.103. The standard InChI is InChI=1S/C12H15FO/c1-9(12(2,3)4)14-11-7-5-10(13)6-8-11/h5-8H,1H2,2-4H3. The zero-order valence-corrected chi connectivity index (χ0v) is 8.80.